The minimum absolute atomic E-state index is 0.277. The molecular weight excluding hydrogens is 94.1 g/mol. The molecule has 1 unspecified atom stereocenters. The second-order valence-electron chi connectivity index (χ2n) is 1.13. The maximum absolute atomic E-state index is 9.53. The smallest absolute Gasteiger partial charge is 0.208 e. The van der Waals surface area contributed by atoms with Crippen molar-refractivity contribution < 1.29 is 4.79 Å². The van der Waals surface area contributed by atoms with E-state index in [4.69, 9.17) is 11.5 Å². The van der Waals surface area contributed by atoms with Crippen molar-refractivity contribution in [3.05, 3.63) is 0 Å². The number of carbonyl (C=O) groups is 1. The van der Waals surface area contributed by atoms with Crippen molar-refractivity contribution >= 4 is 6.41 Å². The first-order chi connectivity index (χ1) is 3.31. The van der Waals surface area contributed by atoms with Crippen LogP contribution in [0.3, 0.4) is 0 Å². The van der Waals surface area contributed by atoms with Crippen molar-refractivity contribution in [3.8, 4) is 0 Å². The van der Waals surface area contributed by atoms with E-state index in [-0.39, 0.29) is 6.54 Å². The summed E-state index contributed by atoms with van der Waals surface area (Å²) in [5.74, 6) is 0. The maximum atomic E-state index is 9.53. The van der Waals surface area contributed by atoms with Crippen molar-refractivity contribution in [3.63, 3.8) is 0 Å². The Labute approximate surface area is 41.9 Å². The quantitative estimate of drug-likeness (QED) is 0.285. The number of carbonyl (C=O) groups excluding carboxylic acids is 1. The van der Waals surface area contributed by atoms with Gasteiger partial charge < -0.3 is 16.8 Å². The zero-order chi connectivity index (χ0) is 5.70. The molecule has 4 nitrogen and oxygen atoms in total. The zero-order valence-electron chi connectivity index (χ0n) is 3.92. The van der Waals surface area contributed by atoms with Gasteiger partial charge in [-0.05, 0) is 0 Å². The summed E-state index contributed by atoms with van der Waals surface area (Å²) in [5.41, 5.74) is 10.1. The standard InChI is InChI=1S/C3H9N3O/c4-1-3(5)6-2-7/h2-3H,1,4-5H2,(H,6,7). The maximum Gasteiger partial charge on any atom is 0.208 e. The van der Waals surface area contributed by atoms with Crippen molar-refractivity contribution in [2.24, 2.45) is 11.5 Å². The van der Waals surface area contributed by atoms with Crippen LogP contribution in [-0.4, -0.2) is 19.1 Å². The molecule has 0 saturated heterocycles. The van der Waals surface area contributed by atoms with Crippen LogP contribution in [0, 0.1) is 0 Å². The lowest BCUT2D eigenvalue weighted by Crippen LogP contribution is -2.42. The average molecular weight is 103 g/mol. The molecule has 5 N–H and O–H groups in total. The highest BCUT2D eigenvalue weighted by Gasteiger charge is 1.90. The summed E-state index contributed by atoms with van der Waals surface area (Å²) in [7, 11) is 0. The predicted octanol–water partition coefficient (Wildman–Crippen LogP) is -2.02. The largest absolute Gasteiger partial charge is 0.342 e. The van der Waals surface area contributed by atoms with Crippen LogP contribution in [-0.2, 0) is 4.79 Å². The van der Waals surface area contributed by atoms with E-state index < -0.39 is 6.17 Å². The van der Waals surface area contributed by atoms with Gasteiger partial charge in [0.15, 0.2) is 0 Å². The average Bonchev–Trinajstić information content (AvgIpc) is 1.68. The lowest BCUT2D eigenvalue weighted by atomic mass is 10.5. The van der Waals surface area contributed by atoms with E-state index in [1.807, 2.05) is 0 Å². The minimum Gasteiger partial charge on any atom is -0.342 e. The molecule has 0 bridgehead atoms. The number of nitrogens with two attached hydrogens (primary N) is 2. The molecule has 0 aliphatic carbocycles. The fourth-order valence-electron chi connectivity index (χ4n) is 0.155. The van der Waals surface area contributed by atoms with Gasteiger partial charge in [0.05, 0.1) is 6.17 Å². The van der Waals surface area contributed by atoms with E-state index in [1.165, 1.54) is 0 Å². The molecule has 1 atom stereocenters. The van der Waals surface area contributed by atoms with Crippen LogP contribution < -0.4 is 16.8 Å². The molecule has 0 aliphatic rings. The minimum atomic E-state index is -0.391. The van der Waals surface area contributed by atoms with Gasteiger partial charge in [0.1, 0.15) is 0 Å². The molecule has 7 heavy (non-hydrogen) atoms. The Morgan fingerprint density at radius 2 is 2.43 bits per heavy atom. The van der Waals surface area contributed by atoms with Gasteiger partial charge in [0.2, 0.25) is 6.41 Å². The van der Waals surface area contributed by atoms with Crippen LogP contribution in [0.5, 0.6) is 0 Å². The summed E-state index contributed by atoms with van der Waals surface area (Å²) in [6, 6.07) is 0. The fourth-order valence-corrected chi connectivity index (χ4v) is 0.155. The van der Waals surface area contributed by atoms with E-state index in [0.29, 0.717) is 6.41 Å². The first kappa shape index (κ1) is 6.39. The topological polar surface area (TPSA) is 81.1 Å². The van der Waals surface area contributed by atoms with E-state index in [2.05, 4.69) is 5.32 Å². The molecule has 0 aromatic heterocycles. The molecule has 42 valence electrons. The highest BCUT2D eigenvalue weighted by Crippen LogP contribution is 1.55. The molecule has 0 rings (SSSR count). The van der Waals surface area contributed by atoms with Crippen LogP contribution in [0.1, 0.15) is 0 Å². The second kappa shape index (κ2) is 3.58. The first-order valence-electron chi connectivity index (χ1n) is 1.96. The molecule has 0 heterocycles. The number of rotatable bonds is 3. The normalized spacial score (nSPS) is 12.9. The molecular formula is C3H9N3O. The summed E-state index contributed by atoms with van der Waals surface area (Å²) in [6.07, 6.45) is 0.134. The lowest BCUT2D eigenvalue weighted by Gasteiger charge is -2.03. The van der Waals surface area contributed by atoms with Gasteiger partial charge in [0, 0.05) is 6.54 Å². The SMILES string of the molecule is NCC(N)NC=O. The summed E-state index contributed by atoms with van der Waals surface area (Å²) in [4.78, 5) is 9.53. The van der Waals surface area contributed by atoms with E-state index in [9.17, 15) is 4.79 Å². The van der Waals surface area contributed by atoms with Gasteiger partial charge in [-0.2, -0.15) is 0 Å². The predicted molar refractivity (Wildman–Crippen MR) is 26.2 cm³/mol. The van der Waals surface area contributed by atoms with Crippen molar-refractivity contribution in [1.29, 1.82) is 0 Å². The molecule has 0 fully saturated rings. The van der Waals surface area contributed by atoms with Crippen molar-refractivity contribution in [2.45, 2.75) is 6.17 Å². The summed E-state index contributed by atoms with van der Waals surface area (Å²) >= 11 is 0. The zero-order valence-corrected chi connectivity index (χ0v) is 3.92. The van der Waals surface area contributed by atoms with Gasteiger partial charge in [-0.1, -0.05) is 0 Å². The van der Waals surface area contributed by atoms with Gasteiger partial charge in [-0.3, -0.25) is 4.79 Å². The number of hydrogen-bond acceptors (Lipinski definition) is 3. The Kier molecular flexibility index (Phi) is 3.26. The Bertz CT molecular complexity index is 56.1. The monoisotopic (exact) mass is 103 g/mol. The van der Waals surface area contributed by atoms with Crippen LogP contribution in [0.2, 0.25) is 0 Å². The molecule has 0 aliphatic heterocycles. The van der Waals surface area contributed by atoms with Gasteiger partial charge in [-0.15, -0.1) is 0 Å². The Morgan fingerprint density at radius 3 is 2.57 bits per heavy atom. The summed E-state index contributed by atoms with van der Waals surface area (Å²) in [6.45, 7) is 0.277. The molecule has 0 spiro atoms. The van der Waals surface area contributed by atoms with E-state index in [1.54, 1.807) is 0 Å². The van der Waals surface area contributed by atoms with Gasteiger partial charge in [-0.25, -0.2) is 0 Å². The Balaban J connectivity index is 2.98. The van der Waals surface area contributed by atoms with Crippen LogP contribution in [0.4, 0.5) is 0 Å². The number of nitrogens with one attached hydrogen (secondary N) is 1. The fraction of sp³-hybridized carbons (Fsp3) is 0.667. The van der Waals surface area contributed by atoms with Crippen LogP contribution in [0.25, 0.3) is 0 Å². The molecule has 0 aromatic carbocycles. The van der Waals surface area contributed by atoms with Crippen molar-refractivity contribution in [2.75, 3.05) is 6.54 Å². The molecule has 0 aromatic rings. The lowest BCUT2D eigenvalue weighted by molar-refractivity contribution is -0.110. The Morgan fingerprint density at radius 1 is 1.86 bits per heavy atom. The van der Waals surface area contributed by atoms with Crippen molar-refractivity contribution in [1.82, 2.24) is 5.32 Å². The van der Waals surface area contributed by atoms with Gasteiger partial charge >= 0.3 is 0 Å². The van der Waals surface area contributed by atoms with E-state index in [0.717, 1.165) is 0 Å². The van der Waals surface area contributed by atoms with Crippen LogP contribution in [0.15, 0.2) is 0 Å². The molecule has 4 heteroatoms. The Hall–Kier alpha value is -0.610. The third-order valence-electron chi connectivity index (χ3n) is 0.536. The van der Waals surface area contributed by atoms with Crippen LogP contribution >= 0.6 is 0 Å². The molecule has 0 radical (unpaired) electrons. The number of hydrogen-bond donors (Lipinski definition) is 3. The molecule has 1 amide bonds. The highest BCUT2D eigenvalue weighted by atomic mass is 16.1. The summed E-state index contributed by atoms with van der Waals surface area (Å²) < 4.78 is 0. The number of amides is 1. The third-order valence-corrected chi connectivity index (χ3v) is 0.536. The van der Waals surface area contributed by atoms with E-state index >= 15 is 0 Å². The summed E-state index contributed by atoms with van der Waals surface area (Å²) in [5, 5.41) is 2.27. The highest BCUT2D eigenvalue weighted by molar-refractivity contribution is 5.46. The second-order valence-corrected chi connectivity index (χ2v) is 1.13. The first-order valence-corrected chi connectivity index (χ1v) is 1.96. The third kappa shape index (κ3) is 3.21. The van der Waals surface area contributed by atoms with Gasteiger partial charge in [0.25, 0.3) is 0 Å². The molecule has 0 saturated carbocycles.